The van der Waals surface area contributed by atoms with E-state index in [1.54, 1.807) is 0 Å². The third kappa shape index (κ3) is 5.47. The molecule has 0 rings (SSSR count). The van der Waals surface area contributed by atoms with Crippen LogP contribution in [0.2, 0.25) is 0 Å². The average molecular weight is 204 g/mol. The van der Waals surface area contributed by atoms with Gasteiger partial charge in [-0.1, -0.05) is 51.3 Å². The predicted molar refractivity (Wildman–Crippen MR) is 69.6 cm³/mol. The third-order valence-electron chi connectivity index (χ3n) is 2.80. The van der Waals surface area contributed by atoms with Gasteiger partial charge in [0.05, 0.1) is 0 Å². The van der Waals surface area contributed by atoms with Crippen molar-refractivity contribution in [2.75, 3.05) is 0 Å². The zero-order valence-corrected chi connectivity index (χ0v) is 11.0. The molecule has 0 atom stereocenters. The lowest BCUT2D eigenvalue weighted by molar-refractivity contribution is 0.344. The third-order valence-corrected chi connectivity index (χ3v) is 2.80. The lowest BCUT2D eigenvalue weighted by Gasteiger charge is -2.27. The molecule has 0 fully saturated rings. The Morgan fingerprint density at radius 2 is 1.80 bits per heavy atom. The van der Waals surface area contributed by atoms with Crippen molar-refractivity contribution in [2.45, 2.75) is 48.0 Å². The number of terminal acetylenes is 1. The highest BCUT2D eigenvalue weighted by atomic mass is 14.3. The summed E-state index contributed by atoms with van der Waals surface area (Å²) in [5.74, 6) is 3.35. The van der Waals surface area contributed by atoms with Gasteiger partial charge in [-0.05, 0) is 37.2 Å². The van der Waals surface area contributed by atoms with Crippen molar-refractivity contribution in [1.29, 1.82) is 0 Å². The molecule has 0 radical (unpaired) electrons. The van der Waals surface area contributed by atoms with Crippen molar-refractivity contribution in [3.63, 3.8) is 0 Å². The van der Waals surface area contributed by atoms with E-state index >= 15 is 0 Å². The Hall–Kier alpha value is -0.960. The molecule has 0 spiro atoms. The van der Waals surface area contributed by atoms with E-state index in [1.165, 1.54) is 12.0 Å². The van der Waals surface area contributed by atoms with Crippen molar-refractivity contribution in [3.8, 4) is 12.3 Å². The smallest absolute Gasteiger partial charge is 0.00135 e. The summed E-state index contributed by atoms with van der Waals surface area (Å²) in [7, 11) is 0. The molecule has 0 aliphatic rings. The van der Waals surface area contributed by atoms with Crippen LogP contribution in [0.5, 0.6) is 0 Å². The summed E-state index contributed by atoms with van der Waals surface area (Å²) < 4.78 is 0. The van der Waals surface area contributed by atoms with Gasteiger partial charge in [0, 0.05) is 0 Å². The van der Waals surface area contributed by atoms with Gasteiger partial charge in [0.1, 0.15) is 0 Å². The maximum absolute atomic E-state index is 5.30. The fraction of sp³-hybridized carbons (Fsp3) is 0.600. The molecule has 0 saturated heterocycles. The van der Waals surface area contributed by atoms with Crippen LogP contribution in [0, 0.1) is 23.7 Å². The summed E-state index contributed by atoms with van der Waals surface area (Å²) in [6.45, 7) is 13.2. The maximum atomic E-state index is 5.30. The van der Waals surface area contributed by atoms with Crippen molar-refractivity contribution >= 4 is 0 Å². The molecule has 0 bridgehead atoms. The SMILES string of the molecule is C#CC(C)=CC=C(C)C(C)(C)CC(C)C. The van der Waals surface area contributed by atoms with Gasteiger partial charge in [0.15, 0.2) is 0 Å². The van der Waals surface area contributed by atoms with Gasteiger partial charge in [-0.2, -0.15) is 0 Å². The minimum Gasteiger partial charge on any atom is -0.115 e. The molecule has 0 aliphatic carbocycles. The first-order chi connectivity index (χ1) is 6.79. The second-order valence-electron chi connectivity index (χ2n) is 5.33. The molecule has 0 unspecified atom stereocenters. The van der Waals surface area contributed by atoms with Gasteiger partial charge in [0.25, 0.3) is 0 Å². The molecule has 0 N–H and O–H groups in total. The molecule has 0 aromatic carbocycles. The van der Waals surface area contributed by atoms with E-state index in [4.69, 9.17) is 6.42 Å². The van der Waals surface area contributed by atoms with Crippen LogP contribution in [-0.2, 0) is 0 Å². The van der Waals surface area contributed by atoms with Gasteiger partial charge in [-0.3, -0.25) is 0 Å². The van der Waals surface area contributed by atoms with E-state index in [9.17, 15) is 0 Å². The zero-order chi connectivity index (χ0) is 12.1. The summed E-state index contributed by atoms with van der Waals surface area (Å²) in [6.07, 6.45) is 10.7. The molecule has 0 nitrogen and oxygen atoms in total. The highest BCUT2D eigenvalue weighted by molar-refractivity contribution is 5.29. The molecule has 0 aliphatic heterocycles. The largest absolute Gasteiger partial charge is 0.115 e. The number of hydrogen-bond acceptors (Lipinski definition) is 0. The van der Waals surface area contributed by atoms with Gasteiger partial charge in [-0.25, -0.2) is 0 Å². The van der Waals surface area contributed by atoms with Crippen LogP contribution >= 0.6 is 0 Å². The van der Waals surface area contributed by atoms with E-state index in [1.807, 2.05) is 13.0 Å². The van der Waals surface area contributed by atoms with Crippen molar-refractivity contribution in [3.05, 3.63) is 23.3 Å². The standard InChI is InChI=1S/C15H24/c1-8-13(4)9-10-14(5)15(6,7)11-12(2)3/h1,9-10,12H,11H2,2-7H3. The van der Waals surface area contributed by atoms with Gasteiger partial charge in [-0.15, -0.1) is 6.42 Å². The normalized spacial score (nSPS) is 14.3. The molecule has 0 heteroatoms. The Balaban J connectivity index is 4.70. The molecule has 0 amide bonds. The van der Waals surface area contributed by atoms with Crippen LogP contribution in [0.3, 0.4) is 0 Å². The fourth-order valence-corrected chi connectivity index (χ4v) is 1.71. The number of hydrogen-bond donors (Lipinski definition) is 0. The monoisotopic (exact) mass is 204 g/mol. The Labute approximate surface area is 95.5 Å². The lowest BCUT2D eigenvalue weighted by Crippen LogP contribution is -2.15. The fourth-order valence-electron chi connectivity index (χ4n) is 1.71. The first-order valence-electron chi connectivity index (χ1n) is 5.62. The summed E-state index contributed by atoms with van der Waals surface area (Å²) >= 11 is 0. The lowest BCUT2D eigenvalue weighted by atomic mass is 9.78. The molecule has 15 heavy (non-hydrogen) atoms. The second kappa shape index (κ2) is 5.81. The summed E-state index contributed by atoms with van der Waals surface area (Å²) in [4.78, 5) is 0. The molecule has 0 heterocycles. The topological polar surface area (TPSA) is 0 Å². The predicted octanol–water partition coefficient (Wildman–Crippen LogP) is 4.58. The van der Waals surface area contributed by atoms with Crippen molar-refractivity contribution in [1.82, 2.24) is 0 Å². The second-order valence-corrected chi connectivity index (χ2v) is 5.33. The minimum absolute atomic E-state index is 0.263. The Bertz CT molecular complexity index is 292. The van der Waals surface area contributed by atoms with Crippen LogP contribution in [-0.4, -0.2) is 0 Å². The van der Waals surface area contributed by atoms with Crippen LogP contribution < -0.4 is 0 Å². The van der Waals surface area contributed by atoms with Crippen LogP contribution in [0.4, 0.5) is 0 Å². The van der Waals surface area contributed by atoms with E-state index in [0.717, 1.165) is 11.5 Å². The molecular weight excluding hydrogens is 180 g/mol. The van der Waals surface area contributed by atoms with Gasteiger partial charge >= 0.3 is 0 Å². The van der Waals surface area contributed by atoms with Crippen LogP contribution in [0.15, 0.2) is 23.3 Å². The summed E-state index contributed by atoms with van der Waals surface area (Å²) in [5, 5.41) is 0. The molecular formula is C15H24. The molecule has 0 aromatic rings. The number of allylic oxidation sites excluding steroid dienone is 4. The van der Waals surface area contributed by atoms with E-state index in [0.29, 0.717) is 0 Å². The Morgan fingerprint density at radius 1 is 1.27 bits per heavy atom. The summed E-state index contributed by atoms with van der Waals surface area (Å²) in [6, 6.07) is 0. The highest BCUT2D eigenvalue weighted by Gasteiger charge is 2.20. The highest BCUT2D eigenvalue weighted by Crippen LogP contribution is 2.33. The van der Waals surface area contributed by atoms with Crippen molar-refractivity contribution in [2.24, 2.45) is 11.3 Å². The van der Waals surface area contributed by atoms with Crippen LogP contribution in [0.1, 0.15) is 48.0 Å². The maximum Gasteiger partial charge on any atom is -0.00135 e. The number of rotatable bonds is 4. The molecule has 0 saturated carbocycles. The first kappa shape index (κ1) is 14.0. The van der Waals surface area contributed by atoms with E-state index in [2.05, 4.69) is 46.6 Å². The van der Waals surface area contributed by atoms with E-state index in [-0.39, 0.29) is 5.41 Å². The van der Waals surface area contributed by atoms with E-state index < -0.39 is 0 Å². The minimum atomic E-state index is 0.263. The average Bonchev–Trinajstić information content (AvgIpc) is 2.11. The van der Waals surface area contributed by atoms with Gasteiger partial charge < -0.3 is 0 Å². The zero-order valence-electron chi connectivity index (χ0n) is 11.0. The molecule has 0 aromatic heterocycles. The first-order valence-corrected chi connectivity index (χ1v) is 5.62. The summed E-state index contributed by atoms with van der Waals surface area (Å²) in [5.41, 5.74) is 2.64. The Morgan fingerprint density at radius 3 is 2.20 bits per heavy atom. The Kier molecular flexibility index (Phi) is 5.44. The molecule has 84 valence electrons. The van der Waals surface area contributed by atoms with Crippen LogP contribution in [0.25, 0.3) is 0 Å². The quantitative estimate of drug-likeness (QED) is 0.464. The van der Waals surface area contributed by atoms with Gasteiger partial charge in [0.2, 0.25) is 0 Å². The van der Waals surface area contributed by atoms with Crippen molar-refractivity contribution < 1.29 is 0 Å².